The molecule has 7 nitrogen and oxygen atoms in total. The summed E-state index contributed by atoms with van der Waals surface area (Å²) in [6.45, 7) is 3.48. The minimum Gasteiger partial charge on any atom is -0.404 e. The molecule has 2 aliphatic heterocycles. The number of anilines is 2. The number of nitrogens with zero attached hydrogens (tertiary/aromatic N) is 5. The van der Waals surface area contributed by atoms with Gasteiger partial charge in [-0.2, -0.15) is 5.10 Å². The van der Waals surface area contributed by atoms with Crippen LogP contribution in [0.4, 0.5) is 20.3 Å². The van der Waals surface area contributed by atoms with E-state index in [1.165, 1.54) is 37.4 Å². The van der Waals surface area contributed by atoms with E-state index in [1.54, 1.807) is 20.0 Å². The maximum absolute atomic E-state index is 14.3. The van der Waals surface area contributed by atoms with Gasteiger partial charge in [-0.3, -0.25) is 14.5 Å². The number of fused-ring (bicyclic) bond motifs is 2. The maximum atomic E-state index is 14.3. The molecular weight excluding hydrogens is 474 g/mol. The van der Waals surface area contributed by atoms with Crippen molar-refractivity contribution in [2.75, 3.05) is 25.0 Å². The lowest BCUT2D eigenvalue weighted by molar-refractivity contribution is -0.129. The van der Waals surface area contributed by atoms with Gasteiger partial charge >= 0.3 is 0 Å². The Bertz CT molecular complexity index is 1230. The Balaban J connectivity index is 1.63. The topological polar surface area (TPSA) is 79.8 Å². The Morgan fingerprint density at radius 2 is 1.95 bits per heavy atom. The van der Waals surface area contributed by atoms with Gasteiger partial charge in [0, 0.05) is 74.0 Å². The van der Waals surface area contributed by atoms with Gasteiger partial charge in [-0.05, 0) is 48.9 Å². The molecule has 1 amide bonds. The van der Waals surface area contributed by atoms with Crippen molar-refractivity contribution < 1.29 is 13.6 Å². The highest BCUT2D eigenvalue weighted by molar-refractivity contribution is 6.10. The van der Waals surface area contributed by atoms with E-state index in [4.69, 9.17) is 10.8 Å². The molecule has 1 fully saturated rings. The third-order valence-corrected chi connectivity index (χ3v) is 8.05. The number of nitrogens with two attached hydrogens (primary N) is 1. The molecule has 1 aromatic carbocycles. The molecule has 3 aliphatic rings. The first-order valence-electron chi connectivity index (χ1n) is 13.4. The van der Waals surface area contributed by atoms with Gasteiger partial charge in [-0.15, -0.1) is 0 Å². The number of hydrogen-bond donors (Lipinski definition) is 1. The Kier molecular flexibility index (Phi) is 7.31. The van der Waals surface area contributed by atoms with E-state index in [9.17, 15) is 13.6 Å². The number of aromatic nitrogens is 2. The average molecular weight is 511 g/mol. The van der Waals surface area contributed by atoms with Crippen LogP contribution in [0.2, 0.25) is 0 Å². The number of amides is 1. The molecule has 1 aromatic heterocycles. The van der Waals surface area contributed by atoms with Crippen molar-refractivity contribution in [3.05, 3.63) is 46.3 Å². The molecule has 0 saturated heterocycles. The van der Waals surface area contributed by atoms with Gasteiger partial charge in [0.2, 0.25) is 5.91 Å². The van der Waals surface area contributed by atoms with Crippen molar-refractivity contribution in [3.8, 4) is 0 Å². The quantitative estimate of drug-likeness (QED) is 0.553. The van der Waals surface area contributed by atoms with E-state index in [1.807, 2.05) is 11.0 Å². The van der Waals surface area contributed by atoms with Crippen LogP contribution >= 0.6 is 0 Å². The lowest BCUT2D eigenvalue weighted by Gasteiger charge is -2.33. The largest absolute Gasteiger partial charge is 0.404 e. The van der Waals surface area contributed by atoms with Crippen LogP contribution in [0.1, 0.15) is 85.9 Å². The van der Waals surface area contributed by atoms with Crippen LogP contribution in [0.3, 0.4) is 0 Å². The highest BCUT2D eigenvalue weighted by atomic mass is 19.3. The summed E-state index contributed by atoms with van der Waals surface area (Å²) in [4.78, 5) is 20.3. The summed E-state index contributed by atoms with van der Waals surface area (Å²) in [6, 6.07) is 3.81. The summed E-state index contributed by atoms with van der Waals surface area (Å²) in [5, 5.41) is 5.17. The van der Waals surface area contributed by atoms with E-state index in [-0.39, 0.29) is 11.5 Å². The molecule has 0 bridgehead atoms. The molecule has 1 saturated carbocycles. The first-order chi connectivity index (χ1) is 17.9. The molecular formula is C28H36F2N6O. The van der Waals surface area contributed by atoms with E-state index in [0.717, 1.165) is 54.7 Å². The van der Waals surface area contributed by atoms with Gasteiger partial charge in [0.1, 0.15) is 0 Å². The zero-order valence-electron chi connectivity index (χ0n) is 21.7. The number of carbonyl (C=O) groups is 1. The second kappa shape index (κ2) is 10.6. The van der Waals surface area contributed by atoms with Crippen molar-refractivity contribution >= 4 is 29.2 Å². The van der Waals surface area contributed by atoms with Gasteiger partial charge < -0.3 is 15.5 Å². The number of carbonyl (C=O) groups excluding carboxylic acids is 1. The Hall–Kier alpha value is -3.23. The van der Waals surface area contributed by atoms with E-state index < -0.39 is 6.43 Å². The SMILES string of the molecule is CN=C/C(=C\N)c1cc2c(cc1C(F)F)N(c1nn(C3CCCCC3)c3c1CN(C(C)=O)CC3)CCC2. The van der Waals surface area contributed by atoms with Crippen LogP contribution in [-0.2, 0) is 24.2 Å². The minimum atomic E-state index is -2.66. The summed E-state index contributed by atoms with van der Waals surface area (Å²) in [5.74, 6) is 0.856. The molecule has 0 spiro atoms. The highest BCUT2D eigenvalue weighted by Gasteiger charge is 2.34. The highest BCUT2D eigenvalue weighted by Crippen LogP contribution is 2.43. The molecule has 5 rings (SSSR count). The lowest BCUT2D eigenvalue weighted by Crippen LogP contribution is -2.36. The number of benzene rings is 1. The molecule has 3 heterocycles. The van der Waals surface area contributed by atoms with Crippen molar-refractivity contribution in [1.29, 1.82) is 0 Å². The molecule has 198 valence electrons. The molecule has 37 heavy (non-hydrogen) atoms. The first-order valence-corrected chi connectivity index (χ1v) is 13.4. The van der Waals surface area contributed by atoms with E-state index in [2.05, 4.69) is 14.6 Å². The standard InChI is InChI=1S/C28H36F2N6O/c1-18(37)34-12-10-25-24(17-34)28(33-36(25)21-8-4-3-5-9-21)35-11-6-7-19-13-22(20(15-31)16-32-2)23(27(29)30)14-26(19)35/h13-16,21,27H,3-12,17,31H2,1-2H3/b20-15+,32-16?. The normalized spacial score (nSPS) is 19.0. The fourth-order valence-corrected chi connectivity index (χ4v) is 6.18. The summed E-state index contributed by atoms with van der Waals surface area (Å²) >= 11 is 0. The van der Waals surface area contributed by atoms with Crippen LogP contribution in [0, 0.1) is 0 Å². The number of aryl methyl sites for hydroxylation is 1. The van der Waals surface area contributed by atoms with Gasteiger partial charge in [-0.25, -0.2) is 8.78 Å². The average Bonchev–Trinajstić information content (AvgIpc) is 3.29. The zero-order chi connectivity index (χ0) is 26.1. The lowest BCUT2D eigenvalue weighted by atomic mass is 9.92. The molecule has 0 radical (unpaired) electrons. The Morgan fingerprint density at radius 3 is 2.62 bits per heavy atom. The molecule has 9 heteroatoms. The van der Waals surface area contributed by atoms with Crippen LogP contribution in [0.15, 0.2) is 23.3 Å². The molecule has 2 aromatic rings. The number of rotatable bonds is 5. The summed E-state index contributed by atoms with van der Waals surface area (Å²) < 4.78 is 30.9. The Labute approximate surface area is 217 Å². The fourth-order valence-electron chi connectivity index (χ4n) is 6.18. The van der Waals surface area contributed by atoms with Crippen LogP contribution in [0.5, 0.6) is 0 Å². The summed E-state index contributed by atoms with van der Waals surface area (Å²) in [6.07, 6.45) is 8.48. The van der Waals surface area contributed by atoms with Gasteiger partial charge in [0.05, 0.1) is 12.6 Å². The second-order valence-corrected chi connectivity index (χ2v) is 10.3. The van der Waals surface area contributed by atoms with E-state index in [0.29, 0.717) is 36.8 Å². The predicted molar refractivity (Wildman–Crippen MR) is 142 cm³/mol. The minimum absolute atomic E-state index is 0.0457. The third kappa shape index (κ3) is 4.76. The van der Waals surface area contributed by atoms with Crippen molar-refractivity contribution in [2.24, 2.45) is 10.7 Å². The number of aliphatic imine (C=N–C) groups is 1. The molecule has 0 unspecified atom stereocenters. The van der Waals surface area contributed by atoms with Crippen LogP contribution in [-0.4, -0.2) is 46.9 Å². The number of halogens is 2. The summed E-state index contributed by atoms with van der Waals surface area (Å²) in [5.41, 5.74) is 10.6. The van der Waals surface area contributed by atoms with Gasteiger partial charge in [0.25, 0.3) is 6.43 Å². The fraction of sp³-hybridized carbons (Fsp3) is 0.536. The summed E-state index contributed by atoms with van der Waals surface area (Å²) in [7, 11) is 1.60. The number of allylic oxidation sites excluding steroid dienone is 1. The Morgan fingerprint density at radius 1 is 1.16 bits per heavy atom. The molecule has 0 atom stereocenters. The van der Waals surface area contributed by atoms with Crippen LogP contribution < -0.4 is 10.6 Å². The first kappa shape index (κ1) is 25.4. The predicted octanol–water partition coefficient (Wildman–Crippen LogP) is 5.32. The van der Waals surface area contributed by atoms with Crippen molar-refractivity contribution in [3.63, 3.8) is 0 Å². The van der Waals surface area contributed by atoms with Crippen molar-refractivity contribution in [2.45, 2.75) is 77.3 Å². The van der Waals surface area contributed by atoms with Gasteiger partial charge in [-0.1, -0.05) is 19.3 Å². The number of hydrogen-bond acceptors (Lipinski definition) is 5. The van der Waals surface area contributed by atoms with E-state index >= 15 is 0 Å². The number of alkyl halides is 2. The van der Waals surface area contributed by atoms with Crippen molar-refractivity contribution in [1.82, 2.24) is 14.7 Å². The maximum Gasteiger partial charge on any atom is 0.264 e. The zero-order valence-corrected chi connectivity index (χ0v) is 21.7. The van der Waals surface area contributed by atoms with Gasteiger partial charge in [0.15, 0.2) is 5.82 Å². The van der Waals surface area contributed by atoms with Crippen LogP contribution in [0.25, 0.3) is 5.57 Å². The second-order valence-electron chi connectivity index (χ2n) is 10.3. The monoisotopic (exact) mass is 510 g/mol. The third-order valence-electron chi connectivity index (χ3n) is 8.05. The smallest absolute Gasteiger partial charge is 0.264 e. The molecule has 1 aliphatic carbocycles. The molecule has 2 N–H and O–H groups in total.